The lowest BCUT2D eigenvalue weighted by Gasteiger charge is -2.35. The van der Waals surface area contributed by atoms with Crippen LogP contribution in [0.3, 0.4) is 0 Å². The topological polar surface area (TPSA) is 33.4 Å². The Balaban J connectivity index is 2.55. The van der Waals surface area contributed by atoms with Gasteiger partial charge in [0.1, 0.15) is 5.52 Å². The minimum atomic E-state index is -0.144. The zero-order valence-electron chi connectivity index (χ0n) is 10.6. The molecule has 0 aliphatic rings. The van der Waals surface area contributed by atoms with Crippen LogP contribution in [0.4, 0.5) is 5.82 Å². The van der Waals surface area contributed by atoms with E-state index >= 15 is 0 Å². The van der Waals surface area contributed by atoms with Crippen LogP contribution in [-0.4, -0.2) is 33.1 Å². The molecule has 0 unspecified atom stereocenters. The van der Waals surface area contributed by atoms with E-state index in [4.69, 9.17) is 11.6 Å². The number of aromatic nitrogens is 3. The van der Waals surface area contributed by atoms with E-state index in [2.05, 4.69) is 28.8 Å². The van der Waals surface area contributed by atoms with E-state index in [1.165, 1.54) is 0 Å². The summed E-state index contributed by atoms with van der Waals surface area (Å²) in [7, 11) is 2.01. The third-order valence-electron chi connectivity index (χ3n) is 3.04. The first-order chi connectivity index (χ1) is 7.95. The highest BCUT2D eigenvalue weighted by atomic mass is 35.5. The fourth-order valence-corrected chi connectivity index (χ4v) is 1.84. The monoisotopic (exact) mass is 252 g/mol. The van der Waals surface area contributed by atoms with Gasteiger partial charge >= 0.3 is 0 Å². The minimum absolute atomic E-state index is 0.144. The Bertz CT molecular complexity index is 532. The van der Waals surface area contributed by atoms with Crippen LogP contribution in [-0.2, 0) is 0 Å². The van der Waals surface area contributed by atoms with E-state index < -0.39 is 0 Å². The summed E-state index contributed by atoms with van der Waals surface area (Å²) in [6, 6.07) is 2.03. The Morgan fingerprint density at radius 3 is 2.82 bits per heavy atom. The van der Waals surface area contributed by atoms with Crippen LogP contribution in [0, 0.1) is 6.92 Å². The number of aryl methyl sites for hydroxylation is 1. The molecular weight excluding hydrogens is 236 g/mol. The molecule has 2 aromatic heterocycles. The summed E-state index contributed by atoms with van der Waals surface area (Å²) in [6.45, 7) is 6.16. The minimum Gasteiger partial charge on any atom is -0.352 e. The van der Waals surface area contributed by atoms with Gasteiger partial charge in [-0.15, -0.1) is 11.6 Å². The molecule has 2 rings (SSSR count). The van der Waals surface area contributed by atoms with E-state index in [9.17, 15) is 0 Å². The molecule has 0 N–H and O–H groups in total. The molecular formula is C12H17ClN4. The van der Waals surface area contributed by atoms with E-state index in [1.807, 2.05) is 30.8 Å². The van der Waals surface area contributed by atoms with Crippen molar-refractivity contribution in [1.29, 1.82) is 0 Å². The highest BCUT2D eigenvalue weighted by molar-refractivity contribution is 6.18. The van der Waals surface area contributed by atoms with Crippen LogP contribution >= 0.6 is 11.6 Å². The molecule has 0 atom stereocenters. The first-order valence-corrected chi connectivity index (χ1v) is 6.10. The molecule has 0 amide bonds. The summed E-state index contributed by atoms with van der Waals surface area (Å²) in [5.74, 6) is 1.44. The van der Waals surface area contributed by atoms with Gasteiger partial charge in [0, 0.05) is 30.9 Å². The van der Waals surface area contributed by atoms with Crippen molar-refractivity contribution in [3.05, 3.63) is 24.2 Å². The van der Waals surface area contributed by atoms with Gasteiger partial charge in [-0.3, -0.25) is 0 Å². The summed E-state index contributed by atoms with van der Waals surface area (Å²) >= 11 is 6.00. The smallest absolute Gasteiger partial charge is 0.154 e. The van der Waals surface area contributed by atoms with Gasteiger partial charge in [-0.05, 0) is 26.8 Å². The lowest BCUT2D eigenvalue weighted by atomic mass is 10.1. The predicted octanol–water partition coefficient (Wildman–Crippen LogP) is 2.49. The van der Waals surface area contributed by atoms with Crippen molar-refractivity contribution < 1.29 is 0 Å². The molecule has 0 fully saturated rings. The SMILES string of the molecule is Cc1cc2c(N(C)C(C)(C)CCl)nccn2n1. The molecule has 0 saturated carbocycles. The molecule has 0 spiro atoms. The van der Waals surface area contributed by atoms with Crippen LogP contribution in [0.15, 0.2) is 18.5 Å². The fraction of sp³-hybridized carbons (Fsp3) is 0.500. The van der Waals surface area contributed by atoms with E-state index in [-0.39, 0.29) is 5.54 Å². The summed E-state index contributed by atoms with van der Waals surface area (Å²) in [5, 5.41) is 4.38. The standard InChI is InChI=1S/C12H17ClN4/c1-9-7-10-11(14-5-6-17(10)15-9)16(4)12(2,3)8-13/h5-7H,8H2,1-4H3. The summed E-state index contributed by atoms with van der Waals surface area (Å²) in [6.07, 6.45) is 3.61. The third-order valence-corrected chi connectivity index (χ3v) is 3.70. The summed E-state index contributed by atoms with van der Waals surface area (Å²) < 4.78 is 1.85. The maximum Gasteiger partial charge on any atom is 0.154 e. The van der Waals surface area contributed by atoms with Gasteiger partial charge in [-0.2, -0.15) is 5.10 Å². The van der Waals surface area contributed by atoms with Crippen molar-refractivity contribution in [2.45, 2.75) is 26.3 Å². The summed E-state index contributed by atoms with van der Waals surface area (Å²) in [4.78, 5) is 6.53. The molecule has 0 aromatic carbocycles. The van der Waals surface area contributed by atoms with Gasteiger partial charge in [0.2, 0.25) is 0 Å². The highest BCUT2D eigenvalue weighted by Crippen LogP contribution is 2.25. The van der Waals surface area contributed by atoms with Crippen LogP contribution in [0.25, 0.3) is 5.52 Å². The van der Waals surface area contributed by atoms with Gasteiger partial charge in [-0.25, -0.2) is 9.50 Å². The Morgan fingerprint density at radius 2 is 2.18 bits per heavy atom. The molecule has 2 aromatic rings. The second-order valence-corrected chi connectivity index (χ2v) is 5.14. The predicted molar refractivity (Wildman–Crippen MR) is 70.9 cm³/mol. The lowest BCUT2D eigenvalue weighted by molar-refractivity contribution is 0.541. The highest BCUT2D eigenvalue weighted by Gasteiger charge is 2.25. The van der Waals surface area contributed by atoms with Gasteiger partial charge in [0.05, 0.1) is 5.69 Å². The molecule has 0 radical (unpaired) electrons. The Hall–Kier alpha value is -1.29. The van der Waals surface area contributed by atoms with E-state index in [0.29, 0.717) is 5.88 Å². The number of anilines is 1. The average Bonchev–Trinajstić information content (AvgIpc) is 2.67. The van der Waals surface area contributed by atoms with Crippen molar-refractivity contribution in [3.63, 3.8) is 0 Å². The van der Waals surface area contributed by atoms with E-state index in [0.717, 1.165) is 17.0 Å². The number of rotatable bonds is 3. The Kier molecular flexibility index (Phi) is 3.00. The molecule has 0 aliphatic heterocycles. The molecule has 17 heavy (non-hydrogen) atoms. The largest absolute Gasteiger partial charge is 0.352 e. The number of hydrogen-bond donors (Lipinski definition) is 0. The van der Waals surface area contributed by atoms with Gasteiger partial charge in [-0.1, -0.05) is 0 Å². The maximum absolute atomic E-state index is 6.00. The molecule has 2 heterocycles. The molecule has 0 bridgehead atoms. The number of fused-ring (bicyclic) bond motifs is 1. The Morgan fingerprint density at radius 1 is 1.47 bits per heavy atom. The summed E-state index contributed by atoms with van der Waals surface area (Å²) in [5.41, 5.74) is 1.84. The van der Waals surface area contributed by atoms with Crippen molar-refractivity contribution in [3.8, 4) is 0 Å². The zero-order chi connectivity index (χ0) is 12.6. The second-order valence-electron chi connectivity index (χ2n) is 4.87. The molecule has 0 saturated heterocycles. The quantitative estimate of drug-likeness (QED) is 0.787. The van der Waals surface area contributed by atoms with Gasteiger partial charge < -0.3 is 4.90 Å². The lowest BCUT2D eigenvalue weighted by Crippen LogP contribution is -2.43. The van der Waals surface area contributed by atoms with Crippen molar-refractivity contribution in [2.24, 2.45) is 0 Å². The number of halogens is 1. The van der Waals surface area contributed by atoms with E-state index in [1.54, 1.807) is 6.20 Å². The van der Waals surface area contributed by atoms with Crippen LogP contribution < -0.4 is 4.90 Å². The number of nitrogens with zero attached hydrogens (tertiary/aromatic N) is 4. The van der Waals surface area contributed by atoms with Crippen molar-refractivity contribution >= 4 is 22.9 Å². The second kappa shape index (κ2) is 4.18. The first-order valence-electron chi connectivity index (χ1n) is 5.56. The van der Waals surface area contributed by atoms with Crippen LogP contribution in [0.2, 0.25) is 0 Å². The molecule has 0 aliphatic carbocycles. The molecule has 92 valence electrons. The normalized spacial score (nSPS) is 12.1. The molecule has 5 heteroatoms. The number of alkyl halides is 1. The van der Waals surface area contributed by atoms with Crippen molar-refractivity contribution in [1.82, 2.24) is 14.6 Å². The number of hydrogen-bond acceptors (Lipinski definition) is 3. The van der Waals surface area contributed by atoms with Gasteiger partial charge in [0.25, 0.3) is 0 Å². The fourth-order valence-electron chi connectivity index (χ4n) is 1.67. The Labute approximate surface area is 106 Å². The van der Waals surface area contributed by atoms with Crippen molar-refractivity contribution in [2.75, 3.05) is 17.8 Å². The average molecular weight is 253 g/mol. The zero-order valence-corrected chi connectivity index (χ0v) is 11.4. The maximum atomic E-state index is 6.00. The van der Waals surface area contributed by atoms with Gasteiger partial charge in [0.15, 0.2) is 5.82 Å². The third kappa shape index (κ3) is 2.09. The molecule has 4 nitrogen and oxygen atoms in total. The van der Waals surface area contributed by atoms with Crippen LogP contribution in [0.1, 0.15) is 19.5 Å². The first kappa shape index (κ1) is 12.2. The van der Waals surface area contributed by atoms with Crippen LogP contribution in [0.5, 0.6) is 0 Å².